The van der Waals surface area contributed by atoms with Crippen molar-refractivity contribution in [2.75, 3.05) is 11.9 Å². The molecule has 44 heavy (non-hydrogen) atoms. The Hall–Kier alpha value is -3.17. The number of nitrogens with one attached hydrogen (secondary N) is 2. The van der Waals surface area contributed by atoms with E-state index in [1.807, 2.05) is 26.8 Å². The molecule has 2 fully saturated rings. The van der Waals surface area contributed by atoms with Gasteiger partial charge in [0.25, 0.3) is 0 Å². The van der Waals surface area contributed by atoms with Crippen molar-refractivity contribution in [3.05, 3.63) is 65.0 Å². The minimum Gasteiger partial charge on any atom is -0.598 e. The summed E-state index contributed by atoms with van der Waals surface area (Å²) in [5.41, 5.74) is -0.300. The Morgan fingerprint density at radius 2 is 1.82 bits per heavy atom. The zero-order valence-corrected chi connectivity index (χ0v) is 27.1. The van der Waals surface area contributed by atoms with E-state index in [0.29, 0.717) is 29.0 Å². The van der Waals surface area contributed by atoms with E-state index in [0.717, 1.165) is 24.2 Å². The van der Waals surface area contributed by atoms with Crippen LogP contribution in [0.4, 0.5) is 14.9 Å². The van der Waals surface area contributed by atoms with Crippen LogP contribution < -0.4 is 10.0 Å². The summed E-state index contributed by atoms with van der Waals surface area (Å²) in [4.78, 5) is 27.5. The molecule has 1 aliphatic carbocycles. The van der Waals surface area contributed by atoms with Gasteiger partial charge in [-0.1, -0.05) is 31.0 Å². The average molecular weight is 627 g/mol. The number of carbonyl (C=O) groups excluding carboxylic acids is 2. The van der Waals surface area contributed by atoms with Gasteiger partial charge in [0, 0.05) is 17.8 Å². The number of carbonyl (C=O) groups is 2. The quantitative estimate of drug-likeness (QED) is 0.313. The maximum Gasteiger partial charge on any atom is 0.411 e. The number of hydrogen-bond acceptors (Lipinski definition) is 7. The van der Waals surface area contributed by atoms with Gasteiger partial charge in [0.1, 0.15) is 27.7 Å². The normalized spacial score (nSPS) is 20.9. The standard InChI is InChI=1S/C33H43FN4O5S/c1-31(2,3)43-30(41)38-20-25(39)18-28(38)29(40)36-27-17-24(12-13-26(27)34)33(15-14-21-10-11-21,37-44(42)32(4,5)6)23-9-7-8-22(16-23)19-35/h7-9,12-13,16-17,21,25,28,37,39H,10-11,14-15,18,20H2,1-6H3,(H,36,40)/t25-,28-,33-,44-/m1/s1. The highest BCUT2D eigenvalue weighted by molar-refractivity contribution is 7.90. The number of aliphatic hydroxyl groups excluding tert-OH is 1. The Morgan fingerprint density at radius 3 is 2.43 bits per heavy atom. The second-order valence-electron chi connectivity index (χ2n) is 13.8. The van der Waals surface area contributed by atoms with Gasteiger partial charge in [-0.3, -0.25) is 9.69 Å². The number of ether oxygens (including phenoxy) is 1. The van der Waals surface area contributed by atoms with Gasteiger partial charge in [0.15, 0.2) is 0 Å². The molecule has 2 aromatic rings. The van der Waals surface area contributed by atoms with Gasteiger partial charge in [-0.2, -0.15) is 5.26 Å². The number of aliphatic hydroxyl groups is 1. The van der Waals surface area contributed by atoms with Gasteiger partial charge in [-0.05, 0) is 95.7 Å². The van der Waals surface area contributed by atoms with Crippen LogP contribution in [0.3, 0.4) is 0 Å². The lowest BCUT2D eigenvalue weighted by molar-refractivity contribution is -0.120. The smallest absolute Gasteiger partial charge is 0.411 e. The molecule has 238 valence electrons. The van der Waals surface area contributed by atoms with Crippen LogP contribution in [-0.4, -0.2) is 55.6 Å². The first kappa shape index (κ1) is 33.7. The third-order valence-corrected chi connectivity index (χ3v) is 9.51. The van der Waals surface area contributed by atoms with Gasteiger partial charge in [-0.15, -0.1) is 4.72 Å². The molecule has 2 amide bonds. The summed E-state index contributed by atoms with van der Waals surface area (Å²) in [5.74, 6) is -0.835. The number of rotatable bonds is 9. The Balaban J connectivity index is 1.74. The maximum absolute atomic E-state index is 15.4. The number of benzene rings is 2. The van der Waals surface area contributed by atoms with Gasteiger partial charge in [0.05, 0.1) is 30.0 Å². The third kappa shape index (κ3) is 8.10. The lowest BCUT2D eigenvalue weighted by atomic mass is 9.79. The molecule has 9 nitrogen and oxygen atoms in total. The number of β-amino-alcohol motifs (C(OH)–C–C–N with tert-alkyl or cyclic N) is 1. The minimum atomic E-state index is -1.56. The van der Waals surface area contributed by atoms with Crippen LogP contribution in [0.2, 0.25) is 0 Å². The van der Waals surface area contributed by atoms with E-state index in [2.05, 4.69) is 16.1 Å². The first-order valence-electron chi connectivity index (χ1n) is 15.0. The molecule has 1 saturated heterocycles. The van der Waals surface area contributed by atoms with Crippen molar-refractivity contribution >= 4 is 29.0 Å². The monoisotopic (exact) mass is 626 g/mol. The first-order valence-corrected chi connectivity index (χ1v) is 16.2. The van der Waals surface area contributed by atoms with Crippen molar-refractivity contribution in [2.45, 2.75) is 102 Å². The summed E-state index contributed by atoms with van der Waals surface area (Å²) in [7, 11) is 0. The minimum absolute atomic E-state index is 0.0230. The van der Waals surface area contributed by atoms with Gasteiger partial charge >= 0.3 is 6.09 Å². The fourth-order valence-corrected chi connectivity index (χ4v) is 6.26. The van der Waals surface area contributed by atoms with Crippen LogP contribution in [0, 0.1) is 23.1 Å². The van der Waals surface area contributed by atoms with E-state index in [-0.39, 0.29) is 18.7 Å². The van der Waals surface area contributed by atoms with E-state index < -0.39 is 57.2 Å². The van der Waals surface area contributed by atoms with Gasteiger partial charge in [0.2, 0.25) is 5.91 Å². The van der Waals surface area contributed by atoms with Gasteiger partial charge < -0.3 is 19.7 Å². The third-order valence-electron chi connectivity index (χ3n) is 7.86. The van der Waals surface area contributed by atoms with Crippen LogP contribution in [0.1, 0.15) is 90.3 Å². The Kier molecular flexibility index (Phi) is 10.0. The second kappa shape index (κ2) is 13.1. The number of nitrogens with zero attached hydrogens (tertiary/aromatic N) is 2. The largest absolute Gasteiger partial charge is 0.598 e. The molecule has 0 aromatic heterocycles. The molecule has 4 rings (SSSR count). The second-order valence-corrected chi connectivity index (χ2v) is 15.8. The molecular formula is C33H43FN4O5S. The summed E-state index contributed by atoms with van der Waals surface area (Å²) in [6, 6.07) is 12.6. The number of nitriles is 1. The molecule has 1 aliphatic heterocycles. The highest BCUT2D eigenvalue weighted by Crippen LogP contribution is 2.43. The molecule has 3 N–H and O–H groups in total. The summed E-state index contributed by atoms with van der Waals surface area (Å²) < 4.78 is 37.2. The van der Waals surface area contributed by atoms with E-state index in [4.69, 9.17) is 4.74 Å². The van der Waals surface area contributed by atoms with Crippen LogP contribution in [0.5, 0.6) is 0 Å². The number of halogens is 1. The van der Waals surface area contributed by atoms with Crippen LogP contribution in [-0.2, 0) is 26.4 Å². The molecule has 1 saturated carbocycles. The number of anilines is 1. The molecule has 2 aliphatic rings. The van der Waals surface area contributed by atoms with Crippen molar-refractivity contribution < 1.29 is 28.4 Å². The van der Waals surface area contributed by atoms with Crippen LogP contribution in [0.15, 0.2) is 42.5 Å². The highest BCUT2D eigenvalue weighted by Gasteiger charge is 2.44. The molecule has 0 spiro atoms. The van der Waals surface area contributed by atoms with Crippen molar-refractivity contribution in [2.24, 2.45) is 5.92 Å². The molecular weight excluding hydrogens is 583 g/mol. The summed E-state index contributed by atoms with van der Waals surface area (Å²) in [6.07, 6.45) is 1.84. The fraction of sp³-hybridized carbons (Fsp3) is 0.545. The topological polar surface area (TPSA) is 138 Å². The highest BCUT2D eigenvalue weighted by atomic mass is 32.2. The molecule has 4 atom stereocenters. The van der Waals surface area contributed by atoms with Crippen molar-refractivity contribution in [3.63, 3.8) is 0 Å². The number of hydrogen-bond donors (Lipinski definition) is 3. The predicted molar refractivity (Wildman–Crippen MR) is 167 cm³/mol. The van der Waals surface area contributed by atoms with Crippen molar-refractivity contribution in [1.29, 1.82) is 5.26 Å². The number of likely N-dealkylation sites (tertiary alicyclic amines) is 1. The van der Waals surface area contributed by atoms with E-state index >= 15 is 4.39 Å². The molecule has 1 heterocycles. The summed E-state index contributed by atoms with van der Waals surface area (Å²) in [5, 5.41) is 22.6. The summed E-state index contributed by atoms with van der Waals surface area (Å²) in [6.45, 7) is 10.6. The predicted octanol–water partition coefficient (Wildman–Crippen LogP) is 5.49. The van der Waals surface area contributed by atoms with Crippen LogP contribution in [0.25, 0.3) is 0 Å². The average Bonchev–Trinajstić information content (AvgIpc) is 3.69. The zero-order chi connectivity index (χ0) is 32.4. The van der Waals surface area contributed by atoms with Gasteiger partial charge in [-0.25, -0.2) is 9.18 Å². The van der Waals surface area contributed by atoms with E-state index in [9.17, 15) is 24.5 Å². The van der Waals surface area contributed by atoms with Crippen LogP contribution >= 0.6 is 0 Å². The molecule has 0 bridgehead atoms. The van der Waals surface area contributed by atoms with E-state index in [1.54, 1.807) is 45.0 Å². The first-order chi connectivity index (χ1) is 20.5. The Labute approximate surface area is 262 Å². The SMILES string of the molecule is CC(C)(C)OC(=O)N1C[C@H](O)C[C@@H]1C(=O)Nc1cc([C@](CCC2CC2)(N[S@+]([O-])C(C)(C)C)c2cccc(C#N)c2)ccc1F. The van der Waals surface area contributed by atoms with E-state index in [1.165, 1.54) is 12.1 Å². The Morgan fingerprint density at radius 1 is 1.14 bits per heavy atom. The van der Waals surface area contributed by atoms with Crippen molar-refractivity contribution in [1.82, 2.24) is 9.62 Å². The molecule has 2 aromatic carbocycles. The molecule has 0 unspecified atom stereocenters. The van der Waals surface area contributed by atoms with Crippen molar-refractivity contribution in [3.8, 4) is 6.07 Å². The lowest BCUT2D eigenvalue weighted by Crippen LogP contribution is -2.52. The fourth-order valence-electron chi connectivity index (χ4n) is 5.30. The molecule has 0 radical (unpaired) electrons. The maximum atomic E-state index is 15.4. The molecule has 11 heteroatoms. The number of amides is 2. The summed E-state index contributed by atoms with van der Waals surface area (Å²) >= 11 is -1.56. The lowest BCUT2D eigenvalue weighted by Gasteiger charge is -2.39. The Bertz CT molecular complexity index is 1410. The zero-order valence-electron chi connectivity index (χ0n) is 26.3.